The van der Waals surface area contributed by atoms with E-state index in [0.717, 1.165) is 24.2 Å². The quantitative estimate of drug-likeness (QED) is 0.193. The van der Waals surface area contributed by atoms with E-state index in [-0.39, 0.29) is 5.41 Å². The molecule has 0 fully saturated rings. The molecule has 0 amide bonds. The van der Waals surface area contributed by atoms with Gasteiger partial charge in [-0.05, 0) is 101 Å². The van der Waals surface area contributed by atoms with E-state index in [4.69, 9.17) is 0 Å². The lowest BCUT2D eigenvalue weighted by Crippen LogP contribution is -2.20. The molecule has 0 unspecified atom stereocenters. The fourth-order valence-corrected chi connectivity index (χ4v) is 7.29. The summed E-state index contributed by atoms with van der Waals surface area (Å²) in [6.07, 6.45) is 8.80. The second kappa shape index (κ2) is 11.0. The van der Waals surface area contributed by atoms with Gasteiger partial charge in [-0.1, -0.05) is 111 Å². The zero-order chi connectivity index (χ0) is 30.4. The number of hydrogen-bond donors (Lipinski definition) is 0. The Balaban J connectivity index is 1.34. The topological polar surface area (TPSA) is 6.48 Å². The Bertz CT molecular complexity index is 2030. The van der Waals surface area contributed by atoms with Gasteiger partial charge in [0.05, 0.1) is 5.69 Å². The average molecular weight is 581 g/mol. The molecule has 6 aromatic carbocycles. The minimum Gasteiger partial charge on any atom is -0.314 e. The number of allylic oxidation sites excluding steroid dienone is 4. The van der Waals surface area contributed by atoms with Gasteiger partial charge >= 0.3 is 0 Å². The molecule has 2 aliphatic rings. The highest BCUT2D eigenvalue weighted by molar-refractivity contribution is 6.10. The first-order chi connectivity index (χ1) is 22.1. The number of nitrogens with zero attached hydrogens (tertiary/aromatic N) is 2. The van der Waals surface area contributed by atoms with Crippen molar-refractivity contribution in [2.24, 2.45) is 0 Å². The molecule has 6 aromatic rings. The summed E-state index contributed by atoms with van der Waals surface area (Å²) in [6, 6.07) is 50.8. The Labute approximate surface area is 266 Å². The molecule has 45 heavy (non-hydrogen) atoms. The van der Waals surface area contributed by atoms with Gasteiger partial charge in [-0.3, -0.25) is 0 Å². The molecule has 2 heteroatoms. The third-order valence-corrected chi connectivity index (χ3v) is 9.46. The highest BCUT2D eigenvalue weighted by Gasteiger charge is 2.38. The van der Waals surface area contributed by atoms with Crippen molar-refractivity contribution in [1.29, 1.82) is 0 Å². The Morgan fingerprint density at radius 3 is 1.71 bits per heavy atom. The molecular weight excluding hydrogens is 544 g/mol. The van der Waals surface area contributed by atoms with Crippen LogP contribution in [0.3, 0.4) is 0 Å². The van der Waals surface area contributed by atoms with Crippen LogP contribution < -0.4 is 9.80 Å². The molecule has 0 saturated heterocycles. The van der Waals surface area contributed by atoms with Crippen LogP contribution in [0.25, 0.3) is 21.9 Å². The van der Waals surface area contributed by atoms with Crippen molar-refractivity contribution in [2.75, 3.05) is 9.80 Å². The smallest absolute Gasteiger partial charge is 0.0543 e. The third kappa shape index (κ3) is 4.57. The van der Waals surface area contributed by atoms with Crippen molar-refractivity contribution in [3.05, 3.63) is 175 Å². The highest BCUT2D eigenvalue weighted by atomic mass is 15.2. The minimum absolute atomic E-state index is 0.193. The van der Waals surface area contributed by atoms with E-state index in [9.17, 15) is 0 Å². The molecule has 2 nitrogen and oxygen atoms in total. The van der Waals surface area contributed by atoms with Gasteiger partial charge in [-0.15, -0.1) is 0 Å². The van der Waals surface area contributed by atoms with E-state index in [2.05, 4.69) is 181 Å². The Morgan fingerprint density at radius 1 is 0.533 bits per heavy atom. The summed E-state index contributed by atoms with van der Waals surface area (Å²) < 4.78 is 0. The maximum atomic E-state index is 2.46. The molecule has 0 atom stereocenters. The molecule has 0 saturated carbocycles. The van der Waals surface area contributed by atoms with Gasteiger partial charge in [0.1, 0.15) is 0 Å². The fourth-order valence-electron chi connectivity index (χ4n) is 7.29. The molecule has 2 aliphatic carbocycles. The third-order valence-electron chi connectivity index (χ3n) is 9.46. The number of benzene rings is 6. The van der Waals surface area contributed by atoms with Crippen molar-refractivity contribution >= 4 is 39.2 Å². The van der Waals surface area contributed by atoms with Crippen molar-refractivity contribution in [1.82, 2.24) is 0 Å². The van der Waals surface area contributed by atoms with Crippen molar-refractivity contribution in [3.63, 3.8) is 0 Å². The monoisotopic (exact) mass is 580 g/mol. The van der Waals surface area contributed by atoms with Crippen LogP contribution in [0.4, 0.5) is 28.4 Å². The van der Waals surface area contributed by atoms with Gasteiger partial charge in [-0.25, -0.2) is 0 Å². The normalized spacial score (nSPS) is 14.5. The van der Waals surface area contributed by atoms with E-state index in [1.807, 2.05) is 0 Å². The molecule has 8 rings (SSSR count). The van der Waals surface area contributed by atoms with Crippen LogP contribution in [0, 0.1) is 0 Å². The van der Waals surface area contributed by atoms with Gasteiger partial charge in [0.2, 0.25) is 0 Å². The average Bonchev–Trinajstić information content (AvgIpc) is 3.32. The van der Waals surface area contributed by atoms with Crippen LogP contribution in [-0.4, -0.2) is 0 Å². The number of anilines is 5. The van der Waals surface area contributed by atoms with E-state index >= 15 is 0 Å². The molecule has 0 spiro atoms. The minimum atomic E-state index is -0.193. The maximum Gasteiger partial charge on any atom is 0.0543 e. The van der Waals surface area contributed by atoms with Crippen molar-refractivity contribution < 1.29 is 0 Å². The first-order valence-electron chi connectivity index (χ1n) is 15.9. The van der Waals surface area contributed by atoms with Gasteiger partial charge in [-0.2, -0.15) is 0 Å². The Kier molecular flexibility index (Phi) is 6.64. The summed E-state index contributed by atoms with van der Waals surface area (Å²) in [5.41, 5.74) is 12.5. The fraction of sp³-hybridized carbons (Fsp3) is 0.116. The molecule has 0 heterocycles. The van der Waals surface area contributed by atoms with E-state index in [0.29, 0.717) is 0 Å². The second-order valence-corrected chi connectivity index (χ2v) is 12.5. The van der Waals surface area contributed by atoms with Crippen LogP contribution in [0.1, 0.15) is 37.8 Å². The zero-order valence-corrected chi connectivity index (χ0v) is 25.8. The lowest BCUT2D eigenvalue weighted by molar-refractivity contribution is 0.661. The summed E-state index contributed by atoms with van der Waals surface area (Å²) in [7, 11) is 0. The summed E-state index contributed by atoms with van der Waals surface area (Å²) >= 11 is 0. The van der Waals surface area contributed by atoms with Crippen LogP contribution in [0.15, 0.2) is 163 Å². The first kappa shape index (κ1) is 27.2. The zero-order valence-electron chi connectivity index (χ0n) is 25.8. The van der Waals surface area contributed by atoms with Gasteiger partial charge in [0, 0.05) is 39.2 Å². The first-order valence-corrected chi connectivity index (χ1v) is 15.9. The second-order valence-electron chi connectivity index (χ2n) is 12.5. The van der Waals surface area contributed by atoms with E-state index < -0.39 is 0 Å². The molecule has 0 aromatic heterocycles. The summed E-state index contributed by atoms with van der Waals surface area (Å²) in [5, 5.41) is 2.54. The van der Waals surface area contributed by atoms with Crippen molar-refractivity contribution in [3.8, 4) is 11.1 Å². The lowest BCUT2D eigenvalue weighted by Gasteiger charge is -2.31. The number of rotatable bonds is 6. The number of fused-ring (bicyclic) bond motifs is 5. The van der Waals surface area contributed by atoms with Crippen LogP contribution in [-0.2, 0) is 5.41 Å². The molecule has 218 valence electrons. The van der Waals surface area contributed by atoms with E-state index in [1.165, 1.54) is 55.8 Å². The van der Waals surface area contributed by atoms with Crippen molar-refractivity contribution in [2.45, 2.75) is 32.1 Å². The summed E-state index contributed by atoms with van der Waals surface area (Å²) in [5.74, 6) is 0. The van der Waals surface area contributed by atoms with Gasteiger partial charge < -0.3 is 9.80 Å². The molecule has 0 aliphatic heterocycles. The molecule has 0 bridgehead atoms. The van der Waals surface area contributed by atoms with Gasteiger partial charge in [0.25, 0.3) is 0 Å². The predicted octanol–water partition coefficient (Wildman–Crippen LogP) is 12.0. The molecule has 0 N–H and O–H groups in total. The Morgan fingerprint density at radius 2 is 1.11 bits per heavy atom. The Hall–Kier alpha value is -5.34. The van der Waals surface area contributed by atoms with Gasteiger partial charge in [0.15, 0.2) is 0 Å². The predicted molar refractivity (Wildman–Crippen MR) is 191 cm³/mol. The SMILES string of the molecule is CC1(C)c2cc(N(C3=CC=CCC3)c3ccccc3)ccc2-c2c1cc(N(c1ccccc1)c1ccccc1)c1ccccc21. The standard InChI is InChI=1S/C43H36N2/c1-43(2)39-29-35(44(31-17-7-3-8-18-31)32-19-9-4-10-20-32)27-28-38(39)42-37-26-16-15-25-36(37)41(30-40(42)43)45(33-21-11-5-12-22-33)34-23-13-6-14-24-34/h3-9,11-19,21-30H,10,20H2,1-2H3. The highest BCUT2D eigenvalue weighted by Crippen LogP contribution is 2.55. The number of hydrogen-bond acceptors (Lipinski definition) is 2. The lowest BCUT2D eigenvalue weighted by atomic mass is 9.81. The summed E-state index contributed by atoms with van der Waals surface area (Å²) in [6.45, 7) is 4.79. The van der Waals surface area contributed by atoms with Crippen LogP contribution in [0.5, 0.6) is 0 Å². The largest absolute Gasteiger partial charge is 0.314 e. The molecule has 0 radical (unpaired) electrons. The van der Waals surface area contributed by atoms with Crippen LogP contribution >= 0.6 is 0 Å². The maximum absolute atomic E-state index is 2.46. The summed E-state index contributed by atoms with van der Waals surface area (Å²) in [4.78, 5) is 4.85. The molecular formula is C43H36N2. The number of para-hydroxylation sites is 3. The van der Waals surface area contributed by atoms with Crippen LogP contribution in [0.2, 0.25) is 0 Å². The van der Waals surface area contributed by atoms with E-state index in [1.54, 1.807) is 0 Å².